The van der Waals surface area contributed by atoms with E-state index in [2.05, 4.69) is 33.8 Å². The number of aromatic nitrogens is 1. The minimum Gasteiger partial charge on any atom is -0.493 e. The van der Waals surface area contributed by atoms with Crippen molar-refractivity contribution in [3.8, 4) is 5.75 Å². The van der Waals surface area contributed by atoms with Crippen LogP contribution in [0.4, 0.5) is 5.69 Å². The fourth-order valence-corrected chi connectivity index (χ4v) is 2.96. The van der Waals surface area contributed by atoms with Gasteiger partial charge in [0, 0.05) is 50.0 Å². The molecule has 0 atom stereocenters. The predicted molar refractivity (Wildman–Crippen MR) is 134 cm³/mol. The van der Waals surface area contributed by atoms with E-state index in [4.69, 9.17) is 14.5 Å². The summed E-state index contributed by atoms with van der Waals surface area (Å²) in [6.45, 7) is 4.67. The fraction of sp³-hybridized carbons (Fsp3) is 0.304. The van der Waals surface area contributed by atoms with Crippen molar-refractivity contribution in [2.24, 2.45) is 4.99 Å². The summed E-state index contributed by atoms with van der Waals surface area (Å²) >= 11 is 0. The Labute approximate surface area is 195 Å². The molecule has 7 heteroatoms. The van der Waals surface area contributed by atoms with E-state index in [0.29, 0.717) is 19.8 Å². The molecule has 1 aromatic heterocycles. The van der Waals surface area contributed by atoms with Crippen LogP contribution in [0, 0.1) is 0 Å². The number of ether oxygens (including phenoxy) is 2. The number of pyridine rings is 1. The monoisotopic (exact) mass is 520 g/mol. The minimum atomic E-state index is 0. The van der Waals surface area contributed by atoms with Crippen molar-refractivity contribution in [3.63, 3.8) is 0 Å². The number of rotatable bonds is 9. The van der Waals surface area contributed by atoms with E-state index in [1.807, 2.05) is 49.5 Å². The van der Waals surface area contributed by atoms with Gasteiger partial charge in [-0.15, -0.1) is 24.0 Å². The van der Waals surface area contributed by atoms with Crippen LogP contribution < -0.4 is 15.4 Å². The van der Waals surface area contributed by atoms with E-state index >= 15 is 0 Å². The Morgan fingerprint density at radius 2 is 1.90 bits per heavy atom. The Hall–Kier alpha value is -2.39. The van der Waals surface area contributed by atoms with Gasteiger partial charge in [0.1, 0.15) is 5.75 Å². The molecule has 160 valence electrons. The fourth-order valence-electron chi connectivity index (χ4n) is 2.96. The number of nitrogens with one attached hydrogen (secondary N) is 2. The number of para-hydroxylation sites is 1. The molecule has 0 aliphatic carbocycles. The summed E-state index contributed by atoms with van der Waals surface area (Å²) in [6.07, 6.45) is 2.68. The standard InChI is InChI=1S/C23H28N4O2.HI/c1-3-24-23(26-17-19-9-4-8-18-10-6-13-25-22(18)19)27-20-11-5-12-21(16-20)29-15-7-14-28-2;/h4-6,8-13,16H,3,7,14-15,17H2,1-2H3,(H2,24,26,27);1H. The molecule has 3 aromatic rings. The average Bonchev–Trinajstić information content (AvgIpc) is 2.75. The highest BCUT2D eigenvalue weighted by Gasteiger charge is 2.04. The van der Waals surface area contributed by atoms with Gasteiger partial charge in [-0.1, -0.05) is 30.3 Å². The van der Waals surface area contributed by atoms with Gasteiger partial charge in [0.25, 0.3) is 0 Å². The van der Waals surface area contributed by atoms with E-state index in [9.17, 15) is 0 Å². The topological polar surface area (TPSA) is 67.8 Å². The lowest BCUT2D eigenvalue weighted by Gasteiger charge is -2.13. The maximum absolute atomic E-state index is 5.78. The van der Waals surface area contributed by atoms with Crippen molar-refractivity contribution in [2.75, 3.05) is 32.2 Å². The maximum atomic E-state index is 5.78. The second-order valence-corrected chi connectivity index (χ2v) is 6.54. The van der Waals surface area contributed by atoms with Crippen LogP contribution in [0.2, 0.25) is 0 Å². The van der Waals surface area contributed by atoms with Crippen LogP contribution in [-0.2, 0) is 11.3 Å². The molecule has 6 nitrogen and oxygen atoms in total. The summed E-state index contributed by atoms with van der Waals surface area (Å²) in [7, 11) is 1.69. The Morgan fingerprint density at radius 3 is 2.73 bits per heavy atom. The summed E-state index contributed by atoms with van der Waals surface area (Å²) < 4.78 is 10.8. The number of fused-ring (bicyclic) bond motifs is 1. The Kier molecular flexibility index (Phi) is 10.4. The molecule has 2 N–H and O–H groups in total. The zero-order chi connectivity index (χ0) is 20.3. The highest BCUT2D eigenvalue weighted by molar-refractivity contribution is 14.0. The molecule has 0 saturated heterocycles. The first-order valence-electron chi connectivity index (χ1n) is 9.90. The largest absolute Gasteiger partial charge is 0.493 e. The molecule has 1 heterocycles. The number of halogens is 1. The molecular formula is C23H29IN4O2. The molecule has 0 saturated carbocycles. The van der Waals surface area contributed by atoms with Gasteiger partial charge < -0.3 is 20.1 Å². The summed E-state index contributed by atoms with van der Waals surface area (Å²) in [5.41, 5.74) is 3.00. The number of benzene rings is 2. The summed E-state index contributed by atoms with van der Waals surface area (Å²) in [5.74, 6) is 1.54. The Balaban J connectivity index is 0.00000320. The van der Waals surface area contributed by atoms with Gasteiger partial charge in [0.2, 0.25) is 0 Å². The second-order valence-electron chi connectivity index (χ2n) is 6.54. The number of methoxy groups -OCH3 is 1. The summed E-state index contributed by atoms with van der Waals surface area (Å²) in [4.78, 5) is 9.25. The van der Waals surface area contributed by atoms with E-state index in [1.165, 1.54) is 0 Å². The SMILES string of the molecule is CCNC(=NCc1cccc2cccnc12)Nc1cccc(OCCCOC)c1.I. The van der Waals surface area contributed by atoms with Crippen molar-refractivity contribution in [3.05, 3.63) is 66.4 Å². The minimum absolute atomic E-state index is 0. The zero-order valence-electron chi connectivity index (χ0n) is 17.4. The van der Waals surface area contributed by atoms with Gasteiger partial charge in [0.15, 0.2) is 5.96 Å². The average molecular weight is 520 g/mol. The van der Waals surface area contributed by atoms with Crippen molar-refractivity contribution in [1.29, 1.82) is 0 Å². The third kappa shape index (κ3) is 7.14. The molecule has 0 radical (unpaired) electrons. The van der Waals surface area contributed by atoms with E-state index in [0.717, 1.165) is 46.8 Å². The van der Waals surface area contributed by atoms with Gasteiger partial charge in [-0.25, -0.2) is 4.99 Å². The molecule has 2 aromatic carbocycles. The van der Waals surface area contributed by atoms with Crippen molar-refractivity contribution in [1.82, 2.24) is 10.3 Å². The van der Waals surface area contributed by atoms with E-state index in [-0.39, 0.29) is 24.0 Å². The van der Waals surface area contributed by atoms with Crippen molar-refractivity contribution < 1.29 is 9.47 Å². The van der Waals surface area contributed by atoms with Gasteiger partial charge in [0.05, 0.1) is 18.7 Å². The molecule has 0 spiro atoms. The maximum Gasteiger partial charge on any atom is 0.196 e. The molecule has 3 rings (SSSR count). The third-order valence-corrected chi connectivity index (χ3v) is 4.33. The first-order chi connectivity index (χ1) is 14.3. The lowest BCUT2D eigenvalue weighted by atomic mass is 10.1. The van der Waals surface area contributed by atoms with E-state index < -0.39 is 0 Å². The van der Waals surface area contributed by atoms with Crippen molar-refractivity contribution >= 4 is 46.5 Å². The van der Waals surface area contributed by atoms with Gasteiger partial charge >= 0.3 is 0 Å². The zero-order valence-corrected chi connectivity index (χ0v) is 19.8. The van der Waals surface area contributed by atoms with Crippen molar-refractivity contribution in [2.45, 2.75) is 19.9 Å². The van der Waals surface area contributed by atoms with Crippen LogP contribution in [0.25, 0.3) is 10.9 Å². The molecule has 0 fully saturated rings. The lowest BCUT2D eigenvalue weighted by Crippen LogP contribution is -2.30. The first kappa shape index (κ1) is 23.9. The Bertz CT molecular complexity index is 944. The highest BCUT2D eigenvalue weighted by atomic mass is 127. The highest BCUT2D eigenvalue weighted by Crippen LogP contribution is 2.19. The van der Waals surface area contributed by atoms with Crippen LogP contribution in [0.1, 0.15) is 18.9 Å². The van der Waals surface area contributed by atoms with Gasteiger partial charge in [-0.2, -0.15) is 0 Å². The number of hydrogen-bond acceptors (Lipinski definition) is 4. The van der Waals surface area contributed by atoms with E-state index in [1.54, 1.807) is 7.11 Å². The number of aliphatic imine (C=N–C) groups is 1. The third-order valence-electron chi connectivity index (χ3n) is 4.33. The summed E-state index contributed by atoms with van der Waals surface area (Å²) in [6, 6.07) is 18.1. The smallest absolute Gasteiger partial charge is 0.196 e. The molecule has 0 amide bonds. The number of hydrogen-bond donors (Lipinski definition) is 2. The predicted octanol–water partition coefficient (Wildman–Crippen LogP) is 4.85. The molecule has 0 bridgehead atoms. The molecular weight excluding hydrogens is 491 g/mol. The molecule has 0 aliphatic heterocycles. The molecule has 0 aliphatic rings. The summed E-state index contributed by atoms with van der Waals surface area (Å²) in [5, 5.41) is 7.77. The van der Waals surface area contributed by atoms with Crippen LogP contribution in [0.3, 0.4) is 0 Å². The Morgan fingerprint density at radius 1 is 1.07 bits per heavy atom. The normalized spacial score (nSPS) is 11.1. The molecule has 0 unspecified atom stereocenters. The van der Waals surface area contributed by atoms with Crippen LogP contribution >= 0.6 is 24.0 Å². The van der Waals surface area contributed by atoms with Crippen LogP contribution in [0.15, 0.2) is 65.8 Å². The van der Waals surface area contributed by atoms with Gasteiger partial charge in [-0.05, 0) is 30.7 Å². The number of nitrogens with zero attached hydrogens (tertiary/aromatic N) is 2. The quantitative estimate of drug-likeness (QED) is 0.183. The first-order valence-corrected chi connectivity index (χ1v) is 9.90. The number of guanidine groups is 1. The van der Waals surface area contributed by atoms with Gasteiger partial charge in [-0.3, -0.25) is 4.98 Å². The lowest BCUT2D eigenvalue weighted by molar-refractivity contribution is 0.172. The molecule has 30 heavy (non-hydrogen) atoms. The number of anilines is 1. The van der Waals surface area contributed by atoms with Crippen LogP contribution in [0.5, 0.6) is 5.75 Å². The second kappa shape index (κ2) is 13.0. The van der Waals surface area contributed by atoms with Crippen LogP contribution in [-0.4, -0.2) is 37.8 Å².